The van der Waals surface area contributed by atoms with Crippen LogP contribution >= 0.6 is 11.6 Å². The number of carbonyl (C=O) groups excluding carboxylic acids is 3. The molecular weight excluding hydrogens is 742 g/mol. The normalized spacial score (nSPS) is 15.2. The van der Waals surface area contributed by atoms with Gasteiger partial charge in [0, 0.05) is 74.0 Å². The van der Waals surface area contributed by atoms with Crippen molar-refractivity contribution in [3.8, 4) is 22.4 Å². The summed E-state index contributed by atoms with van der Waals surface area (Å²) < 4.78 is 38.5. The van der Waals surface area contributed by atoms with Crippen LogP contribution in [0.25, 0.3) is 22.4 Å². The van der Waals surface area contributed by atoms with Crippen molar-refractivity contribution in [1.82, 2.24) is 34.4 Å². The van der Waals surface area contributed by atoms with Crippen molar-refractivity contribution < 1.29 is 42.9 Å². The zero-order valence-electron chi connectivity index (χ0n) is 31.0. The van der Waals surface area contributed by atoms with Gasteiger partial charge in [-0.3, -0.25) is 23.9 Å². The Morgan fingerprint density at radius 1 is 1.02 bits per heavy atom. The van der Waals surface area contributed by atoms with Crippen LogP contribution in [-0.4, -0.2) is 130 Å². The first kappa shape index (κ1) is 42.7. The number of nitrogens with one attached hydrogen (secondary N) is 2. The molecule has 18 heteroatoms. The quantitative estimate of drug-likeness (QED) is 0.182. The average molecular weight is 787 g/mol. The molecule has 0 saturated carbocycles. The highest BCUT2D eigenvalue weighted by Gasteiger charge is 2.40. The van der Waals surface area contributed by atoms with E-state index in [2.05, 4.69) is 32.7 Å². The predicted molar refractivity (Wildman–Crippen MR) is 201 cm³/mol. The number of carboxylic acid groups (broad SMARTS) is 1. The number of anilines is 1. The number of carbonyl (C=O) groups is 4. The Hall–Kier alpha value is -5.07. The van der Waals surface area contributed by atoms with Gasteiger partial charge in [-0.2, -0.15) is 5.10 Å². The summed E-state index contributed by atoms with van der Waals surface area (Å²) in [6.07, 6.45) is 4.47. The van der Waals surface area contributed by atoms with Crippen molar-refractivity contribution in [2.45, 2.75) is 31.9 Å². The van der Waals surface area contributed by atoms with E-state index in [1.807, 2.05) is 4.90 Å². The number of ether oxygens (including phenoxy) is 1. The lowest BCUT2D eigenvalue weighted by Crippen LogP contribution is -2.58. The Bertz CT molecular complexity index is 1970. The molecule has 4 aromatic rings. The lowest BCUT2D eigenvalue weighted by Gasteiger charge is -2.39. The molecule has 296 valence electrons. The molecular formula is C37H45ClF2N8O7. The number of hydrogen-bond donors (Lipinski definition) is 4. The van der Waals surface area contributed by atoms with E-state index < -0.39 is 23.1 Å². The number of hydrogen-bond acceptors (Lipinski definition) is 10. The Labute approximate surface area is 321 Å². The maximum atomic E-state index is 15.2. The number of amides is 2. The van der Waals surface area contributed by atoms with Crippen LogP contribution in [0.3, 0.4) is 0 Å². The van der Waals surface area contributed by atoms with Crippen molar-refractivity contribution in [2.24, 2.45) is 7.05 Å². The smallest absolute Gasteiger partial charge is 0.291 e. The Morgan fingerprint density at radius 3 is 2.27 bits per heavy atom. The number of imidazole rings is 1. The average Bonchev–Trinajstić information content (AvgIpc) is 3.74. The summed E-state index contributed by atoms with van der Waals surface area (Å²) in [4.78, 5) is 52.4. The van der Waals surface area contributed by atoms with Gasteiger partial charge in [-0.25, -0.2) is 13.8 Å². The van der Waals surface area contributed by atoms with Crippen LogP contribution in [-0.2, 0) is 27.9 Å². The van der Waals surface area contributed by atoms with E-state index in [9.17, 15) is 19.5 Å². The van der Waals surface area contributed by atoms with Crippen LogP contribution in [0, 0.1) is 18.6 Å². The molecule has 4 N–H and O–H groups in total. The first-order valence-corrected chi connectivity index (χ1v) is 17.7. The lowest BCUT2D eigenvalue weighted by molar-refractivity contribution is -0.155. The van der Waals surface area contributed by atoms with Gasteiger partial charge in [0.05, 0.1) is 36.3 Å². The number of benzene rings is 2. The second-order valence-electron chi connectivity index (χ2n) is 13.0. The summed E-state index contributed by atoms with van der Waals surface area (Å²) >= 11 is 6.01. The minimum Gasteiger partial charge on any atom is -0.483 e. The molecule has 55 heavy (non-hydrogen) atoms. The van der Waals surface area contributed by atoms with Gasteiger partial charge in [-0.1, -0.05) is 17.7 Å². The summed E-state index contributed by atoms with van der Waals surface area (Å²) in [5, 5.41) is 27.4. The molecule has 2 fully saturated rings. The largest absolute Gasteiger partial charge is 0.483 e. The molecule has 2 aromatic carbocycles. The van der Waals surface area contributed by atoms with E-state index in [4.69, 9.17) is 26.2 Å². The molecule has 15 nitrogen and oxygen atoms in total. The molecule has 0 spiro atoms. The maximum Gasteiger partial charge on any atom is 0.291 e. The summed E-state index contributed by atoms with van der Waals surface area (Å²) in [5.41, 5.74) is 0.917. The van der Waals surface area contributed by atoms with Crippen LogP contribution in [0.15, 0.2) is 42.7 Å². The SMILES string of the molecule is CN1CCN(C(=O)C2(O)CCNCC2)CC1.COCCn1ncc(-c2ccc(-c3cnc(C(=O)Nc4ccc(C=O)c(Cl)c4)n3C)c(F)c2F)c1C.O=CO. The predicted octanol–water partition coefficient (Wildman–Crippen LogP) is 3.48. The van der Waals surface area contributed by atoms with Gasteiger partial charge >= 0.3 is 0 Å². The van der Waals surface area contributed by atoms with Crippen molar-refractivity contribution in [3.05, 3.63) is 76.5 Å². The number of piperazine rings is 1. The number of aldehydes is 1. The molecule has 0 unspecified atom stereocenters. The van der Waals surface area contributed by atoms with Crippen LogP contribution in [0.4, 0.5) is 14.5 Å². The Balaban J connectivity index is 0.000000293. The third-order valence-corrected chi connectivity index (χ3v) is 9.78. The molecule has 0 radical (unpaired) electrons. The fourth-order valence-corrected chi connectivity index (χ4v) is 6.41. The van der Waals surface area contributed by atoms with Crippen LogP contribution < -0.4 is 10.6 Å². The molecule has 0 bridgehead atoms. The molecule has 2 aliphatic rings. The van der Waals surface area contributed by atoms with E-state index in [1.54, 1.807) is 18.7 Å². The second kappa shape index (κ2) is 19.5. The van der Waals surface area contributed by atoms with Gasteiger partial charge in [0.2, 0.25) is 0 Å². The van der Waals surface area contributed by atoms with Crippen molar-refractivity contribution >= 4 is 41.9 Å². The van der Waals surface area contributed by atoms with Gasteiger partial charge < -0.3 is 40.0 Å². The van der Waals surface area contributed by atoms with E-state index in [1.165, 1.54) is 54.3 Å². The minimum atomic E-state index is -1.11. The zero-order chi connectivity index (χ0) is 40.3. The molecule has 2 aliphatic heterocycles. The topological polar surface area (TPSA) is 184 Å². The van der Waals surface area contributed by atoms with E-state index >= 15 is 8.78 Å². The van der Waals surface area contributed by atoms with Crippen molar-refractivity contribution in [2.75, 3.05) is 65.3 Å². The van der Waals surface area contributed by atoms with Crippen molar-refractivity contribution in [1.29, 1.82) is 0 Å². The molecule has 0 atom stereocenters. The Morgan fingerprint density at radius 2 is 1.65 bits per heavy atom. The highest BCUT2D eigenvalue weighted by atomic mass is 35.5. The van der Waals surface area contributed by atoms with E-state index in [0.717, 1.165) is 39.3 Å². The monoisotopic (exact) mass is 786 g/mol. The highest BCUT2D eigenvalue weighted by molar-refractivity contribution is 6.33. The molecule has 2 amide bonds. The summed E-state index contributed by atoms with van der Waals surface area (Å²) in [6.45, 7) is 7.19. The fourth-order valence-electron chi connectivity index (χ4n) is 6.19. The zero-order valence-corrected chi connectivity index (χ0v) is 31.8. The number of nitrogens with zero attached hydrogens (tertiary/aromatic N) is 6. The molecule has 0 aliphatic carbocycles. The number of likely N-dealkylation sites (N-methyl/N-ethyl adjacent to an activating group) is 1. The number of aliphatic hydroxyl groups is 1. The first-order chi connectivity index (χ1) is 26.3. The lowest BCUT2D eigenvalue weighted by atomic mass is 9.90. The van der Waals surface area contributed by atoms with Gasteiger partial charge in [0.25, 0.3) is 18.3 Å². The number of rotatable bonds is 9. The van der Waals surface area contributed by atoms with Gasteiger partial charge in [0.1, 0.15) is 5.60 Å². The standard InChI is InChI=1S/C25H22ClF2N5O3.C11H21N3O2.CH2O2/c1-14-19(11-30-33(14)8-9-36-3)17-6-7-18(23(28)22(17)27)21-12-29-24(32(21)2)25(35)31-16-5-4-15(13-34)20(26)10-16;1-13-6-8-14(9-7-13)10(15)11(16)2-4-12-5-3-11;2-1-3/h4-7,10-13H,8-9H2,1-3H3,(H,31,35);12,16H,2-9H2,1H3;1H,(H,2,3). The minimum absolute atomic E-state index is 0.0280. The summed E-state index contributed by atoms with van der Waals surface area (Å²) in [7, 11) is 5.15. The van der Waals surface area contributed by atoms with Crippen LogP contribution in [0.5, 0.6) is 0 Å². The summed E-state index contributed by atoms with van der Waals surface area (Å²) in [5.74, 6) is -2.78. The fraction of sp³-hybridized carbons (Fsp3) is 0.405. The Kier molecular flexibility index (Phi) is 15.1. The van der Waals surface area contributed by atoms with Crippen LogP contribution in [0.1, 0.15) is 39.5 Å². The number of methoxy groups -OCH3 is 1. The van der Waals surface area contributed by atoms with E-state index in [-0.39, 0.29) is 45.6 Å². The number of halogens is 3. The second-order valence-corrected chi connectivity index (χ2v) is 13.4. The molecule has 2 aromatic heterocycles. The van der Waals surface area contributed by atoms with Gasteiger partial charge in [-0.15, -0.1) is 0 Å². The maximum absolute atomic E-state index is 15.2. The molecule has 6 rings (SSSR count). The van der Waals surface area contributed by atoms with Crippen molar-refractivity contribution in [3.63, 3.8) is 0 Å². The van der Waals surface area contributed by atoms with Crippen LogP contribution in [0.2, 0.25) is 5.02 Å². The number of piperidine rings is 1. The highest BCUT2D eigenvalue weighted by Crippen LogP contribution is 2.33. The third-order valence-electron chi connectivity index (χ3n) is 9.45. The molecule has 4 heterocycles. The first-order valence-electron chi connectivity index (χ1n) is 17.4. The molecule has 2 saturated heterocycles. The third kappa shape index (κ3) is 10.2. The number of aromatic nitrogens is 4. The summed E-state index contributed by atoms with van der Waals surface area (Å²) in [6, 6.07) is 7.33. The van der Waals surface area contributed by atoms with Gasteiger partial charge in [-0.05, 0) is 64.2 Å². The van der Waals surface area contributed by atoms with E-state index in [0.29, 0.717) is 49.2 Å². The van der Waals surface area contributed by atoms with Gasteiger partial charge in [0.15, 0.2) is 23.7 Å².